The fraction of sp³-hybridized carbons (Fsp3) is 0.429. The zero-order valence-electron chi connectivity index (χ0n) is 10.9. The Morgan fingerprint density at radius 2 is 2.06 bits per heavy atom. The van der Waals surface area contributed by atoms with E-state index in [4.69, 9.17) is 10.6 Å². The molecule has 1 aliphatic rings. The number of nitrogens with zero attached hydrogens (tertiary/aromatic N) is 2. The molecule has 1 aliphatic heterocycles. The smallest absolute Gasteiger partial charge is 0.108 e. The van der Waals surface area contributed by atoms with E-state index in [2.05, 4.69) is 23.9 Å². The molecule has 0 saturated carbocycles. The maximum Gasteiger partial charge on any atom is 0.108 e. The Morgan fingerprint density at radius 1 is 1.39 bits per heavy atom. The first-order chi connectivity index (χ1) is 8.63. The summed E-state index contributed by atoms with van der Waals surface area (Å²) in [7, 11) is 0. The molecule has 0 atom stereocenters. The Kier molecular flexibility index (Phi) is 3.77. The highest BCUT2D eigenvalue weighted by molar-refractivity contribution is 6.38. The molecule has 1 fully saturated rings. The topological polar surface area (TPSA) is 60.0 Å². The summed E-state index contributed by atoms with van der Waals surface area (Å²) in [5.41, 5.74) is 3.09. The summed E-state index contributed by atoms with van der Waals surface area (Å²) < 4.78 is 5.19. The monoisotopic (exact) mass is 245 g/mol. The van der Waals surface area contributed by atoms with Gasteiger partial charge in [-0.05, 0) is 6.92 Å². The minimum Gasteiger partial charge on any atom is -0.380 e. The number of hydrogen-bond donors (Lipinski definition) is 1. The summed E-state index contributed by atoms with van der Waals surface area (Å²) in [5, 5.41) is 3.79. The lowest BCUT2D eigenvalue weighted by Gasteiger charge is -2.36. The molecular formula is C14H19N3O. The van der Waals surface area contributed by atoms with Gasteiger partial charge in [0.1, 0.15) is 5.71 Å². The molecule has 2 N–H and O–H groups in total. The lowest BCUT2D eigenvalue weighted by Crippen LogP contribution is -2.42. The second-order valence-electron chi connectivity index (χ2n) is 5.15. The van der Waals surface area contributed by atoms with Crippen molar-refractivity contribution in [1.29, 1.82) is 0 Å². The first kappa shape index (κ1) is 12.8. The van der Waals surface area contributed by atoms with Crippen LogP contribution in [0.3, 0.4) is 0 Å². The molecule has 4 nitrogen and oxygen atoms in total. The number of ether oxygens (including phenoxy) is 1. The van der Waals surface area contributed by atoms with E-state index in [0.29, 0.717) is 5.71 Å². The van der Waals surface area contributed by atoms with Gasteiger partial charge in [0, 0.05) is 23.7 Å². The van der Waals surface area contributed by atoms with Crippen LogP contribution in [0.25, 0.3) is 0 Å². The fourth-order valence-corrected chi connectivity index (χ4v) is 1.80. The fourth-order valence-electron chi connectivity index (χ4n) is 1.80. The third kappa shape index (κ3) is 2.96. The van der Waals surface area contributed by atoms with Crippen LogP contribution in [0, 0.1) is 12.3 Å². The summed E-state index contributed by atoms with van der Waals surface area (Å²) in [6, 6.07) is 8.08. The van der Waals surface area contributed by atoms with Crippen LogP contribution in [-0.4, -0.2) is 31.7 Å². The highest BCUT2D eigenvalue weighted by Crippen LogP contribution is 2.26. The van der Waals surface area contributed by atoms with Crippen LogP contribution in [0.4, 0.5) is 0 Å². The molecule has 0 radical (unpaired) electrons. The van der Waals surface area contributed by atoms with Crippen LogP contribution < -0.4 is 5.84 Å². The van der Waals surface area contributed by atoms with Crippen molar-refractivity contribution in [3.63, 3.8) is 0 Å². The third-order valence-electron chi connectivity index (χ3n) is 3.07. The molecule has 1 heterocycles. The summed E-state index contributed by atoms with van der Waals surface area (Å²) >= 11 is 0. The van der Waals surface area contributed by atoms with Gasteiger partial charge in [-0.2, -0.15) is 5.10 Å². The predicted octanol–water partition coefficient (Wildman–Crippen LogP) is 1.77. The Bertz CT molecular complexity index is 458. The van der Waals surface area contributed by atoms with Crippen LogP contribution in [0.15, 0.2) is 34.4 Å². The van der Waals surface area contributed by atoms with Crippen LogP contribution in [-0.2, 0) is 4.74 Å². The first-order valence-corrected chi connectivity index (χ1v) is 6.05. The van der Waals surface area contributed by atoms with Gasteiger partial charge in [0.15, 0.2) is 0 Å². The van der Waals surface area contributed by atoms with Crippen LogP contribution in [0.1, 0.15) is 18.1 Å². The quantitative estimate of drug-likeness (QED) is 0.499. The number of rotatable bonds is 4. The summed E-state index contributed by atoms with van der Waals surface area (Å²) in [6.45, 7) is 6.53. The van der Waals surface area contributed by atoms with Crippen molar-refractivity contribution >= 4 is 11.9 Å². The molecule has 0 unspecified atom stereocenters. The van der Waals surface area contributed by atoms with Crippen molar-refractivity contribution in [2.75, 3.05) is 19.8 Å². The van der Waals surface area contributed by atoms with Gasteiger partial charge in [0.25, 0.3) is 0 Å². The Balaban J connectivity index is 2.01. The molecule has 0 aliphatic carbocycles. The van der Waals surface area contributed by atoms with E-state index in [1.807, 2.05) is 24.3 Å². The van der Waals surface area contributed by atoms with Crippen molar-refractivity contribution < 1.29 is 4.74 Å². The van der Waals surface area contributed by atoms with E-state index in [9.17, 15) is 0 Å². The summed E-state index contributed by atoms with van der Waals surface area (Å²) in [6.07, 6.45) is 1.74. The number of hydrogen-bond acceptors (Lipinski definition) is 4. The Labute approximate surface area is 108 Å². The summed E-state index contributed by atoms with van der Waals surface area (Å²) in [4.78, 5) is 4.42. The minimum absolute atomic E-state index is 0.184. The zero-order valence-corrected chi connectivity index (χ0v) is 10.9. The molecule has 4 heteroatoms. The van der Waals surface area contributed by atoms with Crippen LogP contribution >= 0.6 is 0 Å². The molecule has 96 valence electrons. The highest BCUT2D eigenvalue weighted by atomic mass is 16.5. The summed E-state index contributed by atoms with van der Waals surface area (Å²) in [5.74, 6) is 5.41. The van der Waals surface area contributed by atoms with E-state index < -0.39 is 0 Å². The number of nitrogens with two attached hydrogens (primary N) is 1. The molecule has 1 saturated heterocycles. The van der Waals surface area contributed by atoms with Crippen molar-refractivity contribution in [2.45, 2.75) is 13.8 Å². The van der Waals surface area contributed by atoms with E-state index >= 15 is 0 Å². The molecule has 18 heavy (non-hydrogen) atoms. The molecule has 1 aromatic carbocycles. The molecule has 0 spiro atoms. The normalized spacial score (nSPS) is 18.9. The van der Waals surface area contributed by atoms with Gasteiger partial charge in [-0.25, -0.2) is 0 Å². The number of aliphatic imine (C=N–C) groups is 1. The maximum absolute atomic E-state index is 5.41. The SMILES string of the molecule is Cc1ccc(/C(C=NCC2(C)COC2)=N/N)cc1. The second kappa shape index (κ2) is 5.31. The average molecular weight is 245 g/mol. The van der Waals surface area contributed by atoms with Crippen molar-refractivity contribution in [3.05, 3.63) is 35.4 Å². The molecule has 0 aromatic heterocycles. The molecule has 0 amide bonds. The molecule has 1 aromatic rings. The van der Waals surface area contributed by atoms with Crippen molar-refractivity contribution in [2.24, 2.45) is 21.4 Å². The van der Waals surface area contributed by atoms with Crippen LogP contribution in [0.2, 0.25) is 0 Å². The van der Waals surface area contributed by atoms with E-state index in [-0.39, 0.29) is 5.41 Å². The first-order valence-electron chi connectivity index (χ1n) is 6.05. The van der Waals surface area contributed by atoms with Gasteiger partial charge in [0.05, 0.1) is 13.2 Å². The standard InChI is InChI=1S/C14H19N3O/c1-11-3-5-12(6-4-11)13(17-15)7-16-8-14(2)9-18-10-14/h3-7H,8-10,15H2,1-2H3/b16-7?,17-13+. The lowest BCUT2D eigenvalue weighted by molar-refractivity contribution is -0.0944. The van der Waals surface area contributed by atoms with Gasteiger partial charge >= 0.3 is 0 Å². The molecular weight excluding hydrogens is 226 g/mol. The van der Waals surface area contributed by atoms with Gasteiger partial charge in [0.2, 0.25) is 0 Å². The number of aryl methyl sites for hydroxylation is 1. The van der Waals surface area contributed by atoms with Gasteiger partial charge in [-0.3, -0.25) is 4.99 Å². The predicted molar refractivity (Wildman–Crippen MR) is 74.2 cm³/mol. The number of benzene rings is 1. The Hall–Kier alpha value is -1.68. The average Bonchev–Trinajstić information content (AvgIpc) is 2.34. The zero-order chi connectivity index (χ0) is 13.0. The molecule has 0 bridgehead atoms. The lowest BCUT2D eigenvalue weighted by atomic mass is 9.89. The van der Waals surface area contributed by atoms with Gasteiger partial charge in [-0.15, -0.1) is 0 Å². The van der Waals surface area contributed by atoms with E-state index in [0.717, 1.165) is 25.3 Å². The van der Waals surface area contributed by atoms with E-state index in [1.54, 1.807) is 6.21 Å². The number of hydrazone groups is 1. The largest absolute Gasteiger partial charge is 0.380 e. The Morgan fingerprint density at radius 3 is 2.56 bits per heavy atom. The van der Waals surface area contributed by atoms with Gasteiger partial charge < -0.3 is 10.6 Å². The van der Waals surface area contributed by atoms with Crippen LogP contribution in [0.5, 0.6) is 0 Å². The maximum atomic E-state index is 5.41. The minimum atomic E-state index is 0.184. The second-order valence-corrected chi connectivity index (χ2v) is 5.15. The van der Waals surface area contributed by atoms with Crippen molar-refractivity contribution in [1.82, 2.24) is 0 Å². The van der Waals surface area contributed by atoms with Gasteiger partial charge in [-0.1, -0.05) is 36.8 Å². The van der Waals surface area contributed by atoms with E-state index in [1.165, 1.54) is 5.56 Å². The van der Waals surface area contributed by atoms with Crippen molar-refractivity contribution in [3.8, 4) is 0 Å². The molecule has 2 rings (SSSR count). The highest BCUT2D eigenvalue weighted by Gasteiger charge is 2.32. The third-order valence-corrected chi connectivity index (χ3v) is 3.07.